The number of aromatic nitrogens is 1. The Labute approximate surface area is 273 Å². The van der Waals surface area contributed by atoms with Crippen molar-refractivity contribution in [3.63, 3.8) is 0 Å². The van der Waals surface area contributed by atoms with E-state index in [4.69, 9.17) is 0 Å². The van der Waals surface area contributed by atoms with E-state index in [1.54, 1.807) is 109 Å². The quantitative estimate of drug-likeness (QED) is 0.128. The Morgan fingerprint density at radius 3 is 0.907 bits per heavy atom. The molecular formula is C33H57F6IrNP2-2. The van der Waals surface area contributed by atoms with Crippen LogP contribution in [0.4, 0.5) is 25.2 Å². The summed E-state index contributed by atoms with van der Waals surface area (Å²) in [5.41, 5.74) is 3.68. The maximum atomic E-state index is 9.87. The standard InChI is InChI=1S/C18H33P.C8H12.C5H5N.2CH3.F6P.Ir/c1-4-10-16(11-5-1)19(17-12-6-2-7-13-17)18-14-8-3-9-15-18;1-2-4-6-8-7-5-3-1;1-2-4-6-5-3-1;;;1-7(2,3,4,5)6;/h16-18H,1-15H2;1-2,7-8H,3-6H2;1-5H;2*1H3;;/q;;;3*-1;/p+1/b;2-1-,8-7?;;;;;. The molecule has 0 spiro atoms. The summed E-state index contributed by atoms with van der Waals surface area (Å²) in [5, 5.41) is 0. The fraction of sp³-hybridized carbons (Fsp3) is 0.667. The van der Waals surface area contributed by atoms with Gasteiger partial charge in [-0.2, -0.15) is 0 Å². The molecule has 0 amide bonds. The van der Waals surface area contributed by atoms with Crippen LogP contribution in [0.5, 0.6) is 0 Å². The van der Waals surface area contributed by atoms with Crippen molar-refractivity contribution in [1.82, 2.24) is 4.98 Å². The van der Waals surface area contributed by atoms with Crippen LogP contribution in [0.1, 0.15) is 122 Å². The number of halogens is 6. The van der Waals surface area contributed by atoms with Crippen LogP contribution in [0.15, 0.2) is 54.9 Å². The van der Waals surface area contributed by atoms with Crippen LogP contribution in [0.3, 0.4) is 0 Å². The molecule has 1 nitrogen and oxygen atoms in total. The van der Waals surface area contributed by atoms with E-state index in [2.05, 4.69) is 29.3 Å². The molecule has 1 radical (unpaired) electrons. The molecule has 3 saturated carbocycles. The average molecular weight is 836 g/mol. The van der Waals surface area contributed by atoms with Gasteiger partial charge in [0.05, 0.1) is 17.0 Å². The summed E-state index contributed by atoms with van der Waals surface area (Å²) in [4.78, 5) is 3.78. The van der Waals surface area contributed by atoms with E-state index in [0.29, 0.717) is 0 Å². The Hall–Kier alpha value is -0.281. The van der Waals surface area contributed by atoms with Crippen molar-refractivity contribution in [2.24, 2.45) is 0 Å². The molecule has 4 aliphatic rings. The second kappa shape index (κ2) is 22.3. The second-order valence-corrected chi connectivity index (χ2v) is 17.0. The Kier molecular flexibility index (Phi) is 23.2. The molecule has 1 heterocycles. The number of nitrogens with zero attached hydrogens (tertiary/aromatic N) is 1. The van der Waals surface area contributed by atoms with E-state index in [0.717, 1.165) is 0 Å². The van der Waals surface area contributed by atoms with Gasteiger partial charge < -0.3 is 14.9 Å². The van der Waals surface area contributed by atoms with Gasteiger partial charge in [-0.15, -0.1) is 0 Å². The molecule has 257 valence electrons. The maximum absolute atomic E-state index is 10.7. The van der Waals surface area contributed by atoms with Crippen molar-refractivity contribution in [3.05, 3.63) is 69.8 Å². The molecule has 0 N–H and O–H groups in total. The molecule has 0 aromatic carbocycles. The minimum atomic E-state index is -10.7. The third-order valence-electron chi connectivity index (χ3n) is 8.13. The fourth-order valence-electron chi connectivity index (χ4n) is 6.48. The van der Waals surface area contributed by atoms with Gasteiger partial charge in [-0.05, 0) is 115 Å². The van der Waals surface area contributed by atoms with Gasteiger partial charge in [-0.3, -0.25) is 4.98 Å². The van der Waals surface area contributed by atoms with Crippen LogP contribution in [-0.4, -0.2) is 22.0 Å². The smallest absolute Gasteiger partial charge is 0.0267 e. The van der Waals surface area contributed by atoms with Crippen molar-refractivity contribution in [3.8, 4) is 0 Å². The monoisotopic (exact) mass is 836 g/mol. The summed E-state index contributed by atoms with van der Waals surface area (Å²) in [6, 6.07) is 5.72. The maximum Gasteiger partial charge on any atom is 0.0267 e. The van der Waals surface area contributed by atoms with Crippen molar-refractivity contribution in [2.75, 3.05) is 0 Å². The van der Waals surface area contributed by atoms with E-state index in [9.17, 15) is 25.2 Å². The van der Waals surface area contributed by atoms with Gasteiger partial charge in [0.15, 0.2) is 0 Å². The predicted molar refractivity (Wildman–Crippen MR) is 176 cm³/mol. The third-order valence-corrected chi connectivity index (χ3v) is 12.7. The van der Waals surface area contributed by atoms with Crippen molar-refractivity contribution >= 4 is 15.7 Å². The Bertz CT molecular complexity index is 727. The van der Waals surface area contributed by atoms with E-state index in [1.807, 2.05) is 18.2 Å². The van der Waals surface area contributed by atoms with Gasteiger partial charge in [0.2, 0.25) is 0 Å². The van der Waals surface area contributed by atoms with Crippen LogP contribution < -0.4 is 0 Å². The van der Waals surface area contributed by atoms with Gasteiger partial charge in [0.1, 0.15) is 0 Å². The van der Waals surface area contributed by atoms with Crippen LogP contribution in [0.25, 0.3) is 0 Å². The zero-order valence-corrected chi connectivity index (χ0v) is 30.6. The molecule has 3 fully saturated rings. The van der Waals surface area contributed by atoms with E-state index < -0.39 is 7.81 Å². The summed E-state index contributed by atoms with van der Waals surface area (Å²) in [6.07, 6.45) is 41.3. The van der Waals surface area contributed by atoms with Crippen molar-refractivity contribution < 1.29 is 45.3 Å². The van der Waals surface area contributed by atoms with Gasteiger partial charge in [-0.1, -0.05) is 49.6 Å². The third kappa shape index (κ3) is 26.6. The fourth-order valence-corrected chi connectivity index (χ4v) is 11.7. The van der Waals surface area contributed by atoms with E-state index >= 15 is 0 Å². The first kappa shape index (κ1) is 44.8. The summed E-state index contributed by atoms with van der Waals surface area (Å²) >= 11 is 0. The minimum Gasteiger partial charge on any atom is -0.358 e. The number of rotatable bonds is 3. The van der Waals surface area contributed by atoms with E-state index in [1.165, 1.54) is 42.7 Å². The number of pyridine rings is 1. The van der Waals surface area contributed by atoms with Crippen molar-refractivity contribution in [2.45, 2.75) is 139 Å². The first-order valence-electron chi connectivity index (χ1n) is 15.5. The molecule has 1 aromatic rings. The Balaban J connectivity index is 0. The van der Waals surface area contributed by atoms with Crippen LogP contribution >= 0.6 is 15.7 Å². The summed E-state index contributed by atoms with van der Waals surface area (Å²) < 4.78 is 59.2. The van der Waals surface area contributed by atoms with Crippen LogP contribution in [0, 0.1) is 14.9 Å². The normalized spacial score (nSPS) is 22.1. The molecule has 5 rings (SSSR count). The minimum absolute atomic E-state index is 0. The number of hydrogen-bond acceptors (Lipinski definition) is 1. The summed E-state index contributed by atoms with van der Waals surface area (Å²) in [6.45, 7) is 0. The van der Waals surface area contributed by atoms with Gasteiger partial charge >= 0.3 is 33.0 Å². The SMILES string of the molecule is C1=CCC/C=C\CC1.C1CCC([PH+](C2CCCCC2)C2CCCCC2)CC1.F[P-](F)(F)(F)(F)F.[CH3-].[CH3-].[Ir].c1ccncc1. The zero-order valence-electron chi connectivity index (χ0n) is 26.4. The molecular weight excluding hydrogens is 779 g/mol. The Morgan fingerprint density at radius 2 is 0.721 bits per heavy atom. The molecule has 10 heteroatoms. The van der Waals surface area contributed by atoms with Gasteiger partial charge in [0.25, 0.3) is 0 Å². The molecule has 43 heavy (non-hydrogen) atoms. The molecule has 1 aromatic heterocycles. The first-order chi connectivity index (χ1) is 18.9. The zero-order chi connectivity index (χ0) is 29.2. The van der Waals surface area contributed by atoms with Crippen molar-refractivity contribution in [1.29, 1.82) is 0 Å². The summed E-state index contributed by atoms with van der Waals surface area (Å²) in [7, 11) is -10.7. The average Bonchev–Trinajstić information content (AvgIpc) is 2.90. The molecule has 0 unspecified atom stereocenters. The molecule has 0 atom stereocenters. The number of hydrogen-bond donors (Lipinski definition) is 0. The van der Waals surface area contributed by atoms with Crippen LogP contribution in [-0.2, 0) is 20.1 Å². The Morgan fingerprint density at radius 1 is 0.465 bits per heavy atom. The molecule has 0 bridgehead atoms. The van der Waals surface area contributed by atoms with Crippen LogP contribution in [0.2, 0.25) is 0 Å². The largest absolute Gasteiger partial charge is 0.358 e. The summed E-state index contributed by atoms with van der Waals surface area (Å²) in [5.74, 6) is 0. The van der Waals surface area contributed by atoms with Gasteiger partial charge in [0, 0.05) is 40.4 Å². The number of allylic oxidation sites excluding steroid dienone is 4. The molecule has 4 aliphatic carbocycles. The van der Waals surface area contributed by atoms with Gasteiger partial charge in [-0.25, -0.2) is 0 Å². The first-order valence-corrected chi connectivity index (χ1v) is 19.2. The topological polar surface area (TPSA) is 12.9 Å². The molecule has 0 aliphatic heterocycles. The molecule has 0 saturated heterocycles. The second-order valence-electron chi connectivity index (χ2n) is 11.6. The van der Waals surface area contributed by atoms with E-state index in [-0.39, 0.29) is 42.9 Å². The predicted octanol–water partition coefficient (Wildman–Crippen LogP) is 14.2.